The average molecular weight is 580 g/mol. The number of alkyl halides is 5. The highest BCUT2D eigenvalue weighted by Gasteiger charge is 2.45. The second kappa shape index (κ2) is 11.6. The van der Waals surface area contributed by atoms with Crippen LogP contribution in [0.5, 0.6) is 0 Å². The van der Waals surface area contributed by atoms with Gasteiger partial charge < -0.3 is 15.4 Å². The molecule has 3 aromatic rings. The molecule has 1 aliphatic carbocycles. The van der Waals surface area contributed by atoms with Crippen LogP contribution in [0, 0.1) is 17.8 Å². The minimum Gasteiger partial charge on any atom is -0.445 e. The lowest BCUT2D eigenvalue weighted by Gasteiger charge is -2.33. The molecular weight excluding hydrogens is 549 g/mol. The highest BCUT2D eigenvalue weighted by molar-refractivity contribution is 5.79. The van der Waals surface area contributed by atoms with Gasteiger partial charge in [-0.25, -0.2) is 23.1 Å². The van der Waals surface area contributed by atoms with Crippen LogP contribution >= 0.6 is 0 Å². The second-order valence-electron chi connectivity index (χ2n) is 10.8. The van der Waals surface area contributed by atoms with E-state index in [4.69, 9.17) is 4.74 Å². The molecule has 13 heteroatoms. The number of nitrogens with one attached hydrogen (secondary N) is 2. The molecule has 3 atom stereocenters. The predicted molar refractivity (Wildman–Crippen MR) is 137 cm³/mol. The number of halogens is 5. The summed E-state index contributed by atoms with van der Waals surface area (Å²) in [5, 5.41) is 9.58. The van der Waals surface area contributed by atoms with Crippen LogP contribution in [0.3, 0.4) is 0 Å². The summed E-state index contributed by atoms with van der Waals surface area (Å²) in [6.45, 7) is -0.409. The van der Waals surface area contributed by atoms with E-state index in [0.717, 1.165) is 5.56 Å². The number of alkyl carbamates (subject to hydrolysis) is 1. The molecule has 1 saturated carbocycles. The smallest absolute Gasteiger partial charge is 0.408 e. The van der Waals surface area contributed by atoms with Gasteiger partial charge in [-0.15, -0.1) is 0 Å². The molecule has 220 valence electrons. The Kier molecular flexibility index (Phi) is 8.14. The average Bonchev–Trinajstić information content (AvgIpc) is 3.35. The first-order valence-electron chi connectivity index (χ1n) is 13.5. The maximum atomic E-state index is 13.9. The maximum absolute atomic E-state index is 13.9. The second-order valence-corrected chi connectivity index (χ2v) is 10.8. The van der Waals surface area contributed by atoms with Gasteiger partial charge in [-0.1, -0.05) is 30.3 Å². The fourth-order valence-electron chi connectivity index (χ4n) is 5.50. The van der Waals surface area contributed by atoms with Crippen molar-refractivity contribution in [2.24, 2.45) is 17.8 Å². The number of fused-ring (bicyclic) bond motifs is 1. The molecule has 2 amide bonds. The van der Waals surface area contributed by atoms with Crippen molar-refractivity contribution in [1.29, 1.82) is 0 Å². The normalized spacial score (nSPS) is 22.2. The van der Waals surface area contributed by atoms with Crippen LogP contribution in [0.15, 0.2) is 48.7 Å². The molecule has 0 spiro atoms. The minimum absolute atomic E-state index is 0.00701. The zero-order valence-corrected chi connectivity index (χ0v) is 22.0. The van der Waals surface area contributed by atoms with Gasteiger partial charge in [-0.05, 0) is 42.9 Å². The number of ether oxygens (including phenoxy) is 1. The third-order valence-corrected chi connectivity index (χ3v) is 7.81. The quantitative estimate of drug-likeness (QED) is 0.367. The van der Waals surface area contributed by atoms with Crippen LogP contribution in [-0.2, 0) is 22.6 Å². The molecule has 1 aromatic carbocycles. The van der Waals surface area contributed by atoms with Gasteiger partial charge in [-0.3, -0.25) is 4.79 Å². The van der Waals surface area contributed by atoms with Crippen LogP contribution < -0.4 is 10.6 Å². The van der Waals surface area contributed by atoms with Gasteiger partial charge in [0.2, 0.25) is 11.8 Å². The first kappa shape index (κ1) is 28.7. The number of hydrogen-bond acceptors (Lipinski definition) is 5. The Morgan fingerprint density at radius 1 is 1.15 bits per heavy atom. The number of amides is 2. The highest BCUT2D eigenvalue weighted by atomic mass is 19.4. The summed E-state index contributed by atoms with van der Waals surface area (Å²) >= 11 is 0. The van der Waals surface area contributed by atoms with Crippen molar-refractivity contribution in [3.63, 3.8) is 0 Å². The molecule has 2 aromatic heterocycles. The molecule has 8 nitrogen and oxygen atoms in total. The third kappa shape index (κ3) is 7.12. The molecule has 1 aliphatic heterocycles. The van der Waals surface area contributed by atoms with Crippen LogP contribution in [-0.4, -0.2) is 45.2 Å². The van der Waals surface area contributed by atoms with E-state index in [0.29, 0.717) is 17.0 Å². The van der Waals surface area contributed by atoms with E-state index in [1.165, 1.54) is 4.52 Å². The molecule has 1 unspecified atom stereocenters. The molecule has 3 heterocycles. The number of rotatable bonds is 7. The molecule has 2 aliphatic rings. The number of nitrogens with zero attached hydrogens (tertiary/aromatic N) is 3. The van der Waals surface area contributed by atoms with Crippen molar-refractivity contribution in [2.45, 2.75) is 63.3 Å². The molecule has 2 N–H and O–H groups in total. The summed E-state index contributed by atoms with van der Waals surface area (Å²) in [4.78, 5) is 29.6. The monoisotopic (exact) mass is 579 g/mol. The number of carbonyl (C=O) groups excluding carboxylic acids is 2. The number of aromatic nitrogens is 3. The molecule has 0 radical (unpaired) electrons. The van der Waals surface area contributed by atoms with Gasteiger partial charge in [0, 0.05) is 31.7 Å². The first-order valence-corrected chi connectivity index (χ1v) is 13.5. The number of hydrogen-bond donors (Lipinski definition) is 2. The zero-order chi connectivity index (χ0) is 29.2. The van der Waals surface area contributed by atoms with Crippen molar-refractivity contribution < 1.29 is 36.3 Å². The minimum atomic E-state index is -4.41. The summed E-state index contributed by atoms with van der Waals surface area (Å²) in [6, 6.07) is 11.6. The molecule has 0 bridgehead atoms. The fourth-order valence-corrected chi connectivity index (χ4v) is 5.50. The molecule has 5 rings (SSSR count). The molecule has 2 fully saturated rings. The van der Waals surface area contributed by atoms with E-state index in [1.54, 1.807) is 30.5 Å². The van der Waals surface area contributed by atoms with Crippen LogP contribution in [0.4, 0.5) is 26.7 Å². The van der Waals surface area contributed by atoms with E-state index in [1.807, 2.05) is 18.2 Å². The zero-order valence-electron chi connectivity index (χ0n) is 22.0. The number of imidazole rings is 1. The lowest BCUT2D eigenvalue weighted by atomic mass is 9.81. The van der Waals surface area contributed by atoms with Gasteiger partial charge in [0.15, 0.2) is 5.65 Å². The van der Waals surface area contributed by atoms with E-state index in [9.17, 15) is 31.5 Å². The fraction of sp³-hybridized carbons (Fsp3) is 0.500. The molecule has 41 heavy (non-hydrogen) atoms. The number of piperidine rings is 1. The van der Waals surface area contributed by atoms with Crippen LogP contribution in [0.2, 0.25) is 0 Å². The Hall–Kier alpha value is -3.77. The predicted octanol–water partition coefficient (Wildman–Crippen LogP) is 5.38. The Labute approximate surface area is 232 Å². The highest BCUT2D eigenvalue weighted by Crippen LogP contribution is 2.41. The Morgan fingerprint density at radius 3 is 2.59 bits per heavy atom. The van der Waals surface area contributed by atoms with E-state index in [-0.39, 0.29) is 51.0 Å². The largest absolute Gasteiger partial charge is 0.445 e. The van der Waals surface area contributed by atoms with E-state index in [2.05, 4.69) is 20.7 Å². The summed E-state index contributed by atoms with van der Waals surface area (Å²) < 4.78 is 74.3. The standard InChI is InChI=1S/C28H30F5N5O3/c29-27(30)10-8-18(9-11-27)24(36-26(40)41-16-17-4-2-1-3-5-17)22-15-38-23(35-22)7-6-21(37-38)13-19-12-20(28(31,32)33)14-34-25(19)39/h1-7,15,18-20,24H,8-14,16H2,(H,34,39)(H,36,40)/t19?,20-,24+/m1/s1. The van der Waals surface area contributed by atoms with Gasteiger partial charge in [0.1, 0.15) is 6.61 Å². The molecular formula is C28H30F5N5O3. The van der Waals surface area contributed by atoms with E-state index >= 15 is 0 Å². The first-order chi connectivity index (χ1) is 19.5. The third-order valence-electron chi connectivity index (χ3n) is 7.81. The number of benzene rings is 1. The summed E-state index contributed by atoms with van der Waals surface area (Å²) in [7, 11) is 0. The van der Waals surface area contributed by atoms with Gasteiger partial charge in [-0.2, -0.15) is 18.3 Å². The lowest BCUT2D eigenvalue weighted by Crippen LogP contribution is -2.47. The summed E-state index contributed by atoms with van der Waals surface area (Å²) in [5.74, 6) is -6.05. The van der Waals surface area contributed by atoms with Gasteiger partial charge >= 0.3 is 12.3 Å². The van der Waals surface area contributed by atoms with Crippen molar-refractivity contribution >= 4 is 17.6 Å². The number of carbonyl (C=O) groups is 2. The Morgan fingerprint density at radius 2 is 1.88 bits per heavy atom. The maximum Gasteiger partial charge on any atom is 0.408 e. The summed E-state index contributed by atoms with van der Waals surface area (Å²) in [5.41, 5.74) is 1.98. The van der Waals surface area contributed by atoms with Crippen LogP contribution in [0.1, 0.15) is 55.1 Å². The van der Waals surface area contributed by atoms with Crippen molar-refractivity contribution in [2.75, 3.05) is 6.54 Å². The van der Waals surface area contributed by atoms with Gasteiger partial charge in [0.25, 0.3) is 0 Å². The van der Waals surface area contributed by atoms with Crippen LogP contribution in [0.25, 0.3) is 5.65 Å². The Balaban J connectivity index is 1.33. The Bertz CT molecular complexity index is 1370. The van der Waals surface area contributed by atoms with Crippen molar-refractivity contribution in [3.05, 3.63) is 65.6 Å². The van der Waals surface area contributed by atoms with Crippen molar-refractivity contribution in [3.8, 4) is 0 Å². The SMILES string of the molecule is O=C(N[C@H](c1cn2nc(CC3C[C@@H](C(F)(F)F)CNC3=O)ccc2n1)C1CCC(F)(F)CC1)OCc1ccccc1. The lowest BCUT2D eigenvalue weighted by molar-refractivity contribution is -0.183. The van der Waals surface area contributed by atoms with Crippen molar-refractivity contribution in [1.82, 2.24) is 25.2 Å². The van der Waals surface area contributed by atoms with E-state index < -0.39 is 48.5 Å². The van der Waals surface area contributed by atoms with Gasteiger partial charge in [0.05, 0.1) is 29.5 Å². The topological polar surface area (TPSA) is 97.6 Å². The molecule has 1 saturated heterocycles. The summed E-state index contributed by atoms with van der Waals surface area (Å²) in [6.07, 6.45) is -4.17.